The summed E-state index contributed by atoms with van der Waals surface area (Å²) in [4.78, 5) is 23.7. The summed E-state index contributed by atoms with van der Waals surface area (Å²) in [5.74, 6) is 0.570. The van der Waals surface area contributed by atoms with E-state index in [1.807, 2.05) is 24.5 Å². The second-order valence-corrected chi connectivity index (χ2v) is 5.61. The van der Waals surface area contributed by atoms with Crippen LogP contribution in [-0.4, -0.2) is 25.1 Å². The Morgan fingerprint density at radius 3 is 2.36 bits per heavy atom. The molecule has 0 radical (unpaired) electrons. The van der Waals surface area contributed by atoms with Crippen LogP contribution in [0.1, 0.15) is 26.3 Å². The van der Waals surface area contributed by atoms with E-state index in [2.05, 4.69) is 10.6 Å². The molecule has 0 heterocycles. The number of benzene rings is 2. The van der Waals surface area contributed by atoms with Crippen LogP contribution < -0.4 is 10.6 Å². The van der Waals surface area contributed by atoms with Crippen molar-refractivity contribution in [3.8, 4) is 0 Å². The topological polar surface area (TPSA) is 58.2 Å². The second kappa shape index (κ2) is 7.66. The van der Waals surface area contributed by atoms with E-state index in [9.17, 15) is 9.59 Å². The number of hydrogen-bond acceptors (Lipinski definition) is 3. The molecule has 114 valence electrons. The first-order chi connectivity index (χ1) is 10.6. The lowest BCUT2D eigenvalue weighted by Crippen LogP contribution is -2.17. The monoisotopic (exact) mass is 314 g/mol. The fraction of sp³-hybridized carbons (Fsp3) is 0.176. The zero-order valence-corrected chi connectivity index (χ0v) is 13.4. The number of carbonyl (C=O) groups is 2. The molecule has 0 aromatic heterocycles. The summed E-state index contributed by atoms with van der Waals surface area (Å²) < 4.78 is 0. The van der Waals surface area contributed by atoms with Gasteiger partial charge in [-0.25, -0.2) is 0 Å². The van der Waals surface area contributed by atoms with Crippen LogP contribution in [-0.2, 0) is 5.75 Å². The highest BCUT2D eigenvalue weighted by atomic mass is 32.2. The van der Waals surface area contributed by atoms with Gasteiger partial charge in [0.2, 0.25) is 0 Å². The van der Waals surface area contributed by atoms with Crippen molar-refractivity contribution in [2.24, 2.45) is 0 Å². The van der Waals surface area contributed by atoms with E-state index in [0.29, 0.717) is 16.8 Å². The van der Waals surface area contributed by atoms with E-state index in [1.54, 1.807) is 49.1 Å². The van der Waals surface area contributed by atoms with Crippen molar-refractivity contribution < 1.29 is 9.59 Å². The molecule has 2 rings (SSSR count). The Labute approximate surface area is 134 Å². The zero-order chi connectivity index (χ0) is 15.9. The predicted octanol–water partition coefficient (Wildman–Crippen LogP) is 3.16. The first kappa shape index (κ1) is 16.1. The number of amides is 2. The number of nitrogens with one attached hydrogen (secondary N) is 2. The van der Waals surface area contributed by atoms with Crippen molar-refractivity contribution in [2.75, 3.05) is 18.6 Å². The molecule has 0 aliphatic carbocycles. The second-order valence-electron chi connectivity index (χ2n) is 4.74. The maximum Gasteiger partial charge on any atom is 0.255 e. The van der Waals surface area contributed by atoms with Gasteiger partial charge < -0.3 is 10.6 Å². The summed E-state index contributed by atoms with van der Waals surface area (Å²) in [6.07, 6.45) is 2.03. The Balaban J connectivity index is 2.08. The molecular weight excluding hydrogens is 296 g/mol. The van der Waals surface area contributed by atoms with Gasteiger partial charge in [-0.15, -0.1) is 0 Å². The number of thioether (sulfide) groups is 1. The third-order valence-corrected chi connectivity index (χ3v) is 3.75. The average molecular weight is 314 g/mol. The van der Waals surface area contributed by atoms with Crippen LogP contribution in [0.4, 0.5) is 5.69 Å². The summed E-state index contributed by atoms with van der Waals surface area (Å²) >= 11 is 1.72. The minimum atomic E-state index is -0.157. The maximum absolute atomic E-state index is 12.2. The van der Waals surface area contributed by atoms with Gasteiger partial charge >= 0.3 is 0 Å². The van der Waals surface area contributed by atoms with Crippen molar-refractivity contribution in [3.63, 3.8) is 0 Å². The molecule has 0 spiro atoms. The minimum absolute atomic E-state index is 0.150. The molecule has 2 amide bonds. The fourth-order valence-electron chi connectivity index (χ4n) is 2.02. The normalized spacial score (nSPS) is 10.1. The molecule has 2 aromatic carbocycles. The molecular formula is C17H18N2O2S. The van der Waals surface area contributed by atoms with Gasteiger partial charge in [-0.1, -0.05) is 12.1 Å². The first-order valence-electron chi connectivity index (χ1n) is 6.85. The van der Waals surface area contributed by atoms with Crippen LogP contribution in [0, 0.1) is 0 Å². The lowest BCUT2D eigenvalue weighted by molar-refractivity contribution is 0.0962. The van der Waals surface area contributed by atoms with Gasteiger partial charge in [0.25, 0.3) is 11.8 Å². The highest BCUT2D eigenvalue weighted by molar-refractivity contribution is 7.97. The third-order valence-electron chi connectivity index (χ3n) is 3.13. The van der Waals surface area contributed by atoms with Crippen LogP contribution in [0.5, 0.6) is 0 Å². The summed E-state index contributed by atoms with van der Waals surface area (Å²) in [5, 5.41) is 5.39. The average Bonchev–Trinajstić information content (AvgIpc) is 2.55. The molecule has 0 fully saturated rings. The van der Waals surface area contributed by atoms with Crippen molar-refractivity contribution in [2.45, 2.75) is 5.75 Å². The Hall–Kier alpha value is -2.27. The van der Waals surface area contributed by atoms with Crippen LogP contribution in [0.15, 0.2) is 48.5 Å². The largest absolute Gasteiger partial charge is 0.355 e. The molecule has 0 bridgehead atoms. The van der Waals surface area contributed by atoms with Gasteiger partial charge in [0.15, 0.2) is 0 Å². The SMILES string of the molecule is CNC(=O)c1ccc(NC(=O)c2cccc(CSC)c2)cc1. The van der Waals surface area contributed by atoms with Gasteiger partial charge in [-0.05, 0) is 48.2 Å². The molecule has 0 atom stereocenters. The standard InChI is InChI=1S/C17H18N2O2S/c1-18-16(20)13-6-8-15(9-7-13)19-17(21)14-5-3-4-12(10-14)11-22-2/h3-10H,11H2,1-2H3,(H,18,20)(H,19,21). The summed E-state index contributed by atoms with van der Waals surface area (Å²) in [6, 6.07) is 14.4. The molecule has 5 heteroatoms. The molecule has 0 saturated carbocycles. The number of rotatable bonds is 5. The fourth-order valence-corrected chi connectivity index (χ4v) is 2.53. The van der Waals surface area contributed by atoms with Gasteiger partial charge in [-0.3, -0.25) is 9.59 Å². The van der Waals surface area contributed by atoms with E-state index >= 15 is 0 Å². The molecule has 0 aliphatic rings. The highest BCUT2D eigenvalue weighted by Gasteiger charge is 2.08. The first-order valence-corrected chi connectivity index (χ1v) is 8.25. The predicted molar refractivity (Wildman–Crippen MR) is 91.4 cm³/mol. The van der Waals surface area contributed by atoms with Gasteiger partial charge in [-0.2, -0.15) is 11.8 Å². The molecule has 0 saturated heterocycles. The van der Waals surface area contributed by atoms with Gasteiger partial charge in [0.05, 0.1) is 0 Å². The van der Waals surface area contributed by atoms with Crippen LogP contribution in [0.25, 0.3) is 0 Å². The summed E-state index contributed by atoms with van der Waals surface area (Å²) in [6.45, 7) is 0. The number of anilines is 1. The number of hydrogen-bond donors (Lipinski definition) is 2. The van der Waals surface area contributed by atoms with E-state index < -0.39 is 0 Å². The summed E-state index contributed by atoms with van der Waals surface area (Å²) in [7, 11) is 1.58. The lowest BCUT2D eigenvalue weighted by Gasteiger charge is -2.07. The van der Waals surface area contributed by atoms with Crippen LogP contribution >= 0.6 is 11.8 Å². The molecule has 0 aliphatic heterocycles. The quantitative estimate of drug-likeness (QED) is 0.891. The molecule has 0 unspecified atom stereocenters. The van der Waals surface area contributed by atoms with Gasteiger partial charge in [0.1, 0.15) is 0 Å². The van der Waals surface area contributed by atoms with Crippen molar-refractivity contribution >= 4 is 29.3 Å². The van der Waals surface area contributed by atoms with Crippen LogP contribution in [0.2, 0.25) is 0 Å². The number of carbonyl (C=O) groups excluding carboxylic acids is 2. The maximum atomic E-state index is 12.2. The summed E-state index contributed by atoms with van der Waals surface area (Å²) in [5.41, 5.74) is 2.97. The van der Waals surface area contributed by atoms with E-state index in [1.165, 1.54) is 0 Å². The smallest absolute Gasteiger partial charge is 0.255 e. The van der Waals surface area contributed by atoms with E-state index in [0.717, 1.165) is 11.3 Å². The minimum Gasteiger partial charge on any atom is -0.355 e. The van der Waals surface area contributed by atoms with E-state index in [4.69, 9.17) is 0 Å². The zero-order valence-electron chi connectivity index (χ0n) is 12.6. The van der Waals surface area contributed by atoms with Crippen molar-refractivity contribution in [1.29, 1.82) is 0 Å². The Morgan fingerprint density at radius 2 is 1.73 bits per heavy atom. The van der Waals surface area contributed by atoms with Crippen LogP contribution in [0.3, 0.4) is 0 Å². The Kier molecular flexibility index (Phi) is 5.61. The Morgan fingerprint density at radius 1 is 1.00 bits per heavy atom. The molecule has 22 heavy (non-hydrogen) atoms. The lowest BCUT2D eigenvalue weighted by atomic mass is 10.1. The molecule has 2 N–H and O–H groups in total. The van der Waals surface area contributed by atoms with E-state index in [-0.39, 0.29) is 11.8 Å². The molecule has 4 nitrogen and oxygen atoms in total. The van der Waals surface area contributed by atoms with Crippen molar-refractivity contribution in [1.82, 2.24) is 5.32 Å². The Bertz CT molecular complexity index is 669. The van der Waals surface area contributed by atoms with Crippen molar-refractivity contribution in [3.05, 3.63) is 65.2 Å². The molecule has 2 aromatic rings. The third kappa shape index (κ3) is 4.11. The highest BCUT2D eigenvalue weighted by Crippen LogP contribution is 2.14. The van der Waals surface area contributed by atoms with Gasteiger partial charge in [0, 0.05) is 29.6 Å².